The molecular weight excluding hydrogens is 423 g/mol. The second-order valence-electron chi connectivity index (χ2n) is 7.49. The van der Waals surface area contributed by atoms with Crippen molar-refractivity contribution in [3.05, 3.63) is 71.0 Å². The first-order chi connectivity index (χ1) is 15.3. The Hall–Kier alpha value is -3.56. The van der Waals surface area contributed by atoms with Crippen LogP contribution in [0.25, 0.3) is 0 Å². The highest BCUT2D eigenvalue weighted by Gasteiger charge is 2.30. The molecule has 0 fully saturated rings. The number of halogens is 3. The maximum Gasteiger partial charge on any atom is 0.416 e. The average molecular weight is 445 g/mol. The van der Waals surface area contributed by atoms with Gasteiger partial charge in [-0.05, 0) is 35.9 Å². The first kappa shape index (κ1) is 21.7. The molecule has 7 nitrogen and oxygen atoms in total. The summed E-state index contributed by atoms with van der Waals surface area (Å²) >= 11 is 0. The molecule has 3 aromatic rings. The number of methoxy groups -OCH3 is 1. The van der Waals surface area contributed by atoms with Gasteiger partial charge in [0, 0.05) is 18.7 Å². The number of fused-ring (bicyclic) bond motifs is 1. The molecule has 1 N–H and O–H groups in total. The molecule has 0 bridgehead atoms. The van der Waals surface area contributed by atoms with Crippen molar-refractivity contribution < 1.29 is 22.7 Å². The van der Waals surface area contributed by atoms with Gasteiger partial charge in [-0.25, -0.2) is 4.68 Å². The summed E-state index contributed by atoms with van der Waals surface area (Å²) in [4.78, 5) is 14.4. The maximum atomic E-state index is 13.0. The number of carbonyl (C=O) groups is 1. The standard InChI is InChI=1S/C22H22F3N5O2/c1-32-18-7-2-4-15(10-18)13-29-14-20-19(27-28-30(20)9-8-21(29)31)12-26-17-6-3-5-16(11-17)22(23,24)25/h2-7,10-11,26H,8-9,12-14H2,1H3. The number of nitrogens with zero attached hydrogens (tertiary/aromatic N) is 4. The molecule has 0 unspecified atom stereocenters. The Bertz CT molecular complexity index is 1110. The summed E-state index contributed by atoms with van der Waals surface area (Å²) in [6, 6.07) is 12.5. The second-order valence-corrected chi connectivity index (χ2v) is 7.49. The van der Waals surface area contributed by atoms with Crippen molar-refractivity contribution in [1.82, 2.24) is 19.9 Å². The van der Waals surface area contributed by atoms with Crippen molar-refractivity contribution >= 4 is 11.6 Å². The predicted octanol–water partition coefficient (Wildman–Crippen LogP) is 3.85. The van der Waals surface area contributed by atoms with Gasteiger partial charge in [0.2, 0.25) is 5.91 Å². The average Bonchev–Trinajstić information content (AvgIpc) is 3.09. The number of rotatable bonds is 6. The van der Waals surface area contributed by atoms with Crippen LogP contribution in [0.3, 0.4) is 0 Å². The van der Waals surface area contributed by atoms with Crippen molar-refractivity contribution in [1.29, 1.82) is 0 Å². The molecule has 168 valence electrons. The first-order valence-electron chi connectivity index (χ1n) is 10.1. The first-order valence-corrected chi connectivity index (χ1v) is 10.1. The van der Waals surface area contributed by atoms with Gasteiger partial charge in [-0.3, -0.25) is 4.79 Å². The molecule has 0 spiro atoms. The summed E-state index contributed by atoms with van der Waals surface area (Å²) in [6.07, 6.45) is -4.12. The lowest BCUT2D eigenvalue weighted by Gasteiger charge is -2.21. The van der Waals surface area contributed by atoms with Gasteiger partial charge in [0.25, 0.3) is 0 Å². The van der Waals surface area contributed by atoms with E-state index in [0.29, 0.717) is 43.2 Å². The highest BCUT2D eigenvalue weighted by molar-refractivity contribution is 5.76. The van der Waals surface area contributed by atoms with Gasteiger partial charge < -0.3 is 15.0 Å². The Labute approximate surface area is 182 Å². The lowest BCUT2D eigenvalue weighted by atomic mass is 10.2. The van der Waals surface area contributed by atoms with E-state index in [1.807, 2.05) is 24.3 Å². The highest BCUT2D eigenvalue weighted by Crippen LogP contribution is 2.31. The van der Waals surface area contributed by atoms with E-state index in [-0.39, 0.29) is 12.5 Å². The molecule has 32 heavy (non-hydrogen) atoms. The number of amides is 1. The fourth-order valence-corrected chi connectivity index (χ4v) is 3.61. The number of hydrogen-bond donors (Lipinski definition) is 1. The molecule has 1 aromatic heterocycles. The molecule has 1 aliphatic rings. The Balaban J connectivity index is 1.50. The van der Waals surface area contributed by atoms with E-state index in [4.69, 9.17) is 4.74 Å². The molecule has 0 atom stereocenters. The van der Waals surface area contributed by atoms with Crippen LogP contribution in [0, 0.1) is 0 Å². The van der Waals surface area contributed by atoms with E-state index in [0.717, 1.165) is 23.4 Å². The van der Waals surface area contributed by atoms with E-state index in [9.17, 15) is 18.0 Å². The fraction of sp³-hybridized carbons (Fsp3) is 0.318. The minimum atomic E-state index is -4.41. The van der Waals surface area contributed by atoms with Crippen molar-refractivity contribution in [2.75, 3.05) is 12.4 Å². The zero-order chi connectivity index (χ0) is 22.7. The fourth-order valence-electron chi connectivity index (χ4n) is 3.61. The Morgan fingerprint density at radius 3 is 2.75 bits per heavy atom. The molecule has 0 saturated carbocycles. The molecule has 1 amide bonds. The van der Waals surface area contributed by atoms with E-state index < -0.39 is 11.7 Å². The van der Waals surface area contributed by atoms with Crippen molar-refractivity contribution in [2.24, 2.45) is 0 Å². The van der Waals surface area contributed by atoms with Gasteiger partial charge in [0.15, 0.2) is 0 Å². The molecule has 10 heteroatoms. The molecule has 4 rings (SSSR count). The summed E-state index contributed by atoms with van der Waals surface area (Å²) in [6.45, 7) is 1.31. The van der Waals surface area contributed by atoms with Gasteiger partial charge in [-0.1, -0.05) is 23.4 Å². The van der Waals surface area contributed by atoms with Gasteiger partial charge in [-0.2, -0.15) is 13.2 Å². The van der Waals surface area contributed by atoms with Crippen molar-refractivity contribution in [3.8, 4) is 5.75 Å². The topological polar surface area (TPSA) is 72.3 Å². The summed E-state index contributed by atoms with van der Waals surface area (Å²) in [7, 11) is 1.59. The van der Waals surface area contributed by atoms with Crippen LogP contribution in [0.4, 0.5) is 18.9 Å². The predicted molar refractivity (Wildman–Crippen MR) is 111 cm³/mol. The highest BCUT2D eigenvalue weighted by atomic mass is 19.4. The third-order valence-electron chi connectivity index (χ3n) is 5.31. The quantitative estimate of drug-likeness (QED) is 0.624. The molecule has 2 heterocycles. The Kier molecular flexibility index (Phi) is 6.02. The number of nitrogens with one attached hydrogen (secondary N) is 1. The number of ether oxygens (including phenoxy) is 1. The third-order valence-corrected chi connectivity index (χ3v) is 5.31. The van der Waals surface area contributed by atoms with E-state index in [2.05, 4.69) is 15.6 Å². The molecule has 0 aliphatic carbocycles. The molecular formula is C22H22F3N5O2. The normalized spacial score (nSPS) is 14.1. The Morgan fingerprint density at radius 2 is 1.97 bits per heavy atom. The van der Waals surface area contributed by atoms with Gasteiger partial charge in [0.1, 0.15) is 11.4 Å². The van der Waals surface area contributed by atoms with Gasteiger partial charge in [-0.15, -0.1) is 5.10 Å². The van der Waals surface area contributed by atoms with Crippen LogP contribution in [-0.4, -0.2) is 32.9 Å². The number of anilines is 1. The summed E-state index contributed by atoms with van der Waals surface area (Å²) in [5.74, 6) is 0.706. The maximum absolute atomic E-state index is 13.0. The molecule has 1 aliphatic heterocycles. The smallest absolute Gasteiger partial charge is 0.416 e. The van der Waals surface area contributed by atoms with Crippen molar-refractivity contribution in [2.45, 2.75) is 38.8 Å². The van der Waals surface area contributed by atoms with Crippen LogP contribution in [0.5, 0.6) is 5.75 Å². The van der Waals surface area contributed by atoms with Crippen molar-refractivity contribution in [3.63, 3.8) is 0 Å². The van der Waals surface area contributed by atoms with Crippen LogP contribution in [0.1, 0.15) is 28.9 Å². The van der Waals surface area contributed by atoms with Crippen LogP contribution in [-0.2, 0) is 37.1 Å². The van der Waals surface area contributed by atoms with Crippen LogP contribution < -0.4 is 10.1 Å². The van der Waals surface area contributed by atoms with Crippen LogP contribution in [0.15, 0.2) is 48.5 Å². The summed E-state index contributed by atoms with van der Waals surface area (Å²) < 4.78 is 45.8. The Morgan fingerprint density at radius 1 is 1.16 bits per heavy atom. The number of alkyl halides is 3. The van der Waals surface area contributed by atoms with Gasteiger partial charge >= 0.3 is 6.18 Å². The molecule has 2 aromatic carbocycles. The SMILES string of the molecule is COc1cccc(CN2Cc3c(CNc4cccc(C(F)(F)F)c4)nnn3CCC2=O)c1. The number of benzene rings is 2. The number of aryl methyl sites for hydroxylation is 1. The number of carbonyl (C=O) groups excluding carboxylic acids is 1. The minimum Gasteiger partial charge on any atom is -0.497 e. The largest absolute Gasteiger partial charge is 0.497 e. The second kappa shape index (κ2) is 8.89. The zero-order valence-corrected chi connectivity index (χ0v) is 17.4. The number of aromatic nitrogens is 3. The van der Waals surface area contributed by atoms with Crippen LogP contribution >= 0.6 is 0 Å². The third kappa shape index (κ3) is 4.84. The summed E-state index contributed by atoms with van der Waals surface area (Å²) in [5.41, 5.74) is 1.90. The van der Waals surface area contributed by atoms with Crippen LogP contribution in [0.2, 0.25) is 0 Å². The van der Waals surface area contributed by atoms with E-state index in [1.165, 1.54) is 6.07 Å². The molecule has 0 saturated heterocycles. The van der Waals surface area contributed by atoms with Gasteiger partial charge in [0.05, 0.1) is 38.0 Å². The van der Waals surface area contributed by atoms with E-state index >= 15 is 0 Å². The molecule has 0 radical (unpaired) electrons. The lowest BCUT2D eigenvalue weighted by Crippen LogP contribution is -2.29. The zero-order valence-electron chi connectivity index (χ0n) is 17.4. The van der Waals surface area contributed by atoms with E-state index in [1.54, 1.807) is 22.8 Å². The summed E-state index contributed by atoms with van der Waals surface area (Å²) in [5, 5.41) is 11.3. The monoisotopic (exact) mass is 445 g/mol. The minimum absolute atomic E-state index is 0.00453. The number of hydrogen-bond acceptors (Lipinski definition) is 5. The lowest BCUT2D eigenvalue weighted by molar-refractivity contribution is -0.137.